The van der Waals surface area contributed by atoms with Crippen molar-refractivity contribution in [2.45, 2.75) is 64.7 Å². The maximum atomic E-state index is 12.4. The van der Waals surface area contributed by atoms with Gasteiger partial charge in [-0.05, 0) is 45.1 Å². The zero-order chi connectivity index (χ0) is 13.8. The molecule has 0 radical (unpaired) electrons. The molecule has 2 saturated heterocycles. The van der Waals surface area contributed by atoms with Crippen molar-refractivity contribution in [3.05, 3.63) is 0 Å². The van der Waals surface area contributed by atoms with Gasteiger partial charge in [0.15, 0.2) is 0 Å². The van der Waals surface area contributed by atoms with Crippen LogP contribution in [0.2, 0.25) is 0 Å². The molecular formula is C15H28N2O2. The molecule has 3 atom stereocenters. The molecule has 2 aliphatic rings. The van der Waals surface area contributed by atoms with Gasteiger partial charge >= 0.3 is 0 Å². The normalized spacial score (nSPS) is 32.0. The minimum Gasteiger partial charge on any atom is -0.365 e. The summed E-state index contributed by atoms with van der Waals surface area (Å²) in [6, 6.07) is 0.519. The molecule has 0 aliphatic carbocycles. The van der Waals surface area contributed by atoms with E-state index in [1.807, 2.05) is 4.90 Å². The van der Waals surface area contributed by atoms with Crippen LogP contribution in [0.4, 0.5) is 0 Å². The second-order valence-electron chi connectivity index (χ2n) is 6.37. The van der Waals surface area contributed by atoms with E-state index >= 15 is 0 Å². The number of rotatable bonds is 4. The summed E-state index contributed by atoms with van der Waals surface area (Å²) in [5, 5.41) is 3.48. The summed E-state index contributed by atoms with van der Waals surface area (Å²) >= 11 is 0. The smallest absolute Gasteiger partial charge is 0.251 e. The van der Waals surface area contributed by atoms with E-state index in [1.54, 1.807) is 0 Å². The number of hydrogen-bond donors (Lipinski definition) is 1. The summed E-state index contributed by atoms with van der Waals surface area (Å²) < 4.78 is 5.70. The number of piperidine rings is 1. The maximum absolute atomic E-state index is 12.4. The predicted octanol–water partition coefficient (Wildman–Crippen LogP) is 1.79. The molecule has 1 amide bonds. The first-order valence-electron chi connectivity index (χ1n) is 7.74. The largest absolute Gasteiger partial charge is 0.365 e. The third-order valence-electron chi connectivity index (χ3n) is 4.15. The summed E-state index contributed by atoms with van der Waals surface area (Å²) in [6.07, 6.45) is 4.33. The Morgan fingerprint density at radius 1 is 1.37 bits per heavy atom. The second-order valence-corrected chi connectivity index (χ2v) is 6.37. The molecule has 4 nitrogen and oxygen atoms in total. The number of carbonyl (C=O) groups is 1. The summed E-state index contributed by atoms with van der Waals surface area (Å²) in [6.45, 7) is 9.21. The zero-order valence-electron chi connectivity index (χ0n) is 12.5. The van der Waals surface area contributed by atoms with E-state index in [9.17, 15) is 4.79 Å². The highest BCUT2D eigenvalue weighted by atomic mass is 16.5. The highest BCUT2D eigenvalue weighted by molar-refractivity contribution is 5.81. The monoisotopic (exact) mass is 268 g/mol. The molecule has 0 bridgehead atoms. The van der Waals surface area contributed by atoms with Gasteiger partial charge in [-0.2, -0.15) is 0 Å². The van der Waals surface area contributed by atoms with Crippen LogP contribution in [-0.4, -0.2) is 48.7 Å². The van der Waals surface area contributed by atoms with Crippen molar-refractivity contribution in [3.63, 3.8) is 0 Å². The van der Waals surface area contributed by atoms with E-state index in [0.717, 1.165) is 38.9 Å². The number of ether oxygens (including phenoxy) is 1. The predicted molar refractivity (Wildman–Crippen MR) is 76.0 cm³/mol. The molecule has 2 rings (SSSR count). The summed E-state index contributed by atoms with van der Waals surface area (Å²) in [7, 11) is 0. The quantitative estimate of drug-likeness (QED) is 0.845. The van der Waals surface area contributed by atoms with Crippen LogP contribution in [-0.2, 0) is 9.53 Å². The minimum atomic E-state index is -0.174. The van der Waals surface area contributed by atoms with Crippen LogP contribution in [0.15, 0.2) is 0 Å². The number of hydrogen-bond acceptors (Lipinski definition) is 3. The van der Waals surface area contributed by atoms with E-state index < -0.39 is 0 Å². The Bertz CT molecular complexity index is 307. The maximum Gasteiger partial charge on any atom is 0.251 e. The molecule has 0 saturated carbocycles. The molecule has 0 aromatic heterocycles. The third kappa shape index (κ3) is 4.18. The zero-order valence-corrected chi connectivity index (χ0v) is 12.5. The van der Waals surface area contributed by atoms with Crippen molar-refractivity contribution in [1.29, 1.82) is 0 Å². The molecule has 0 spiro atoms. The second kappa shape index (κ2) is 6.71. The lowest BCUT2D eigenvalue weighted by Crippen LogP contribution is -2.47. The Kier molecular flexibility index (Phi) is 5.22. The van der Waals surface area contributed by atoms with Crippen molar-refractivity contribution in [2.24, 2.45) is 5.92 Å². The minimum absolute atomic E-state index is 0.174. The van der Waals surface area contributed by atoms with E-state index in [2.05, 4.69) is 26.1 Å². The van der Waals surface area contributed by atoms with Crippen LogP contribution in [0, 0.1) is 5.92 Å². The molecule has 110 valence electrons. The molecule has 0 aromatic rings. The Morgan fingerprint density at radius 3 is 2.79 bits per heavy atom. The topological polar surface area (TPSA) is 41.6 Å². The first-order valence-corrected chi connectivity index (χ1v) is 7.74. The molecule has 2 fully saturated rings. The van der Waals surface area contributed by atoms with Crippen LogP contribution < -0.4 is 5.32 Å². The van der Waals surface area contributed by atoms with Gasteiger partial charge in [0, 0.05) is 19.1 Å². The van der Waals surface area contributed by atoms with E-state index in [-0.39, 0.29) is 18.1 Å². The summed E-state index contributed by atoms with van der Waals surface area (Å²) in [5.74, 6) is 0.817. The lowest BCUT2D eigenvalue weighted by molar-refractivity contribution is -0.144. The summed E-state index contributed by atoms with van der Waals surface area (Å²) in [5.41, 5.74) is 0. The number of nitrogens with one attached hydrogen (secondary N) is 1. The van der Waals surface area contributed by atoms with Crippen LogP contribution in [0.3, 0.4) is 0 Å². The Labute approximate surface area is 116 Å². The van der Waals surface area contributed by atoms with Crippen molar-refractivity contribution >= 4 is 5.91 Å². The molecular weight excluding hydrogens is 240 g/mol. The number of likely N-dealkylation sites (tertiary alicyclic amines) is 1. The van der Waals surface area contributed by atoms with Crippen LogP contribution in [0.5, 0.6) is 0 Å². The van der Waals surface area contributed by atoms with Crippen molar-refractivity contribution in [3.8, 4) is 0 Å². The molecule has 2 aliphatic heterocycles. The fraction of sp³-hybridized carbons (Fsp3) is 0.933. The van der Waals surface area contributed by atoms with Crippen molar-refractivity contribution in [1.82, 2.24) is 10.2 Å². The Morgan fingerprint density at radius 2 is 2.16 bits per heavy atom. The van der Waals surface area contributed by atoms with Gasteiger partial charge in [0.1, 0.15) is 6.10 Å². The average molecular weight is 268 g/mol. The highest BCUT2D eigenvalue weighted by Crippen LogP contribution is 2.23. The molecule has 3 unspecified atom stereocenters. The van der Waals surface area contributed by atoms with E-state index in [1.165, 1.54) is 6.42 Å². The van der Waals surface area contributed by atoms with Gasteiger partial charge in [-0.3, -0.25) is 4.79 Å². The van der Waals surface area contributed by atoms with Crippen molar-refractivity contribution in [2.75, 3.05) is 19.6 Å². The number of amides is 1. The van der Waals surface area contributed by atoms with Gasteiger partial charge in [0.2, 0.25) is 0 Å². The van der Waals surface area contributed by atoms with Gasteiger partial charge in [-0.1, -0.05) is 13.8 Å². The van der Waals surface area contributed by atoms with Gasteiger partial charge < -0.3 is 15.0 Å². The molecule has 4 heteroatoms. The molecule has 2 heterocycles. The molecule has 19 heavy (non-hydrogen) atoms. The molecule has 1 N–H and O–H groups in total. The highest BCUT2D eigenvalue weighted by Gasteiger charge is 2.33. The van der Waals surface area contributed by atoms with Crippen molar-refractivity contribution < 1.29 is 9.53 Å². The fourth-order valence-electron chi connectivity index (χ4n) is 3.02. The number of carbonyl (C=O) groups excluding carboxylic acids is 1. The summed E-state index contributed by atoms with van der Waals surface area (Å²) in [4.78, 5) is 14.4. The number of nitrogens with zero attached hydrogens (tertiary/aromatic N) is 1. The SMILES string of the molecule is CC(C)NCC1CCCN(C(=O)C2CCC(C)O2)C1. The van der Waals surface area contributed by atoms with Crippen LogP contribution in [0.1, 0.15) is 46.5 Å². The lowest BCUT2D eigenvalue weighted by Gasteiger charge is -2.34. The van der Waals surface area contributed by atoms with Gasteiger partial charge in [-0.15, -0.1) is 0 Å². The fourth-order valence-corrected chi connectivity index (χ4v) is 3.02. The van der Waals surface area contributed by atoms with Gasteiger partial charge in [-0.25, -0.2) is 0 Å². The first kappa shape index (κ1) is 14.8. The Hall–Kier alpha value is -0.610. The van der Waals surface area contributed by atoms with E-state index in [4.69, 9.17) is 4.74 Å². The van der Waals surface area contributed by atoms with Crippen LogP contribution in [0.25, 0.3) is 0 Å². The van der Waals surface area contributed by atoms with Gasteiger partial charge in [0.05, 0.1) is 6.10 Å². The van der Waals surface area contributed by atoms with Gasteiger partial charge in [0.25, 0.3) is 5.91 Å². The Balaban J connectivity index is 1.81. The third-order valence-corrected chi connectivity index (χ3v) is 4.15. The van der Waals surface area contributed by atoms with E-state index in [0.29, 0.717) is 12.0 Å². The average Bonchev–Trinajstić information content (AvgIpc) is 2.82. The van der Waals surface area contributed by atoms with Crippen LogP contribution >= 0.6 is 0 Å². The molecule has 0 aromatic carbocycles. The first-order chi connectivity index (χ1) is 9.06. The lowest BCUT2D eigenvalue weighted by atomic mass is 9.97. The standard InChI is InChI=1S/C15H28N2O2/c1-11(2)16-9-13-5-4-8-17(10-13)15(18)14-7-6-12(3)19-14/h11-14,16H,4-10H2,1-3H3.